The van der Waals surface area contributed by atoms with Gasteiger partial charge >= 0.3 is 0 Å². The first-order valence-electron chi connectivity index (χ1n) is 7.37. The number of hydrogen-bond donors (Lipinski definition) is 1. The highest BCUT2D eigenvalue weighted by atomic mass is 14.9. The van der Waals surface area contributed by atoms with Gasteiger partial charge in [-0.25, -0.2) is 0 Å². The molecule has 1 aromatic carbocycles. The normalized spacial score (nSPS) is 13.0. The molecule has 1 N–H and O–H groups in total. The summed E-state index contributed by atoms with van der Waals surface area (Å²) in [4.78, 5) is 0. The van der Waals surface area contributed by atoms with Crippen molar-refractivity contribution in [3.63, 3.8) is 0 Å². The lowest BCUT2D eigenvalue weighted by molar-refractivity contribution is 0.331. The minimum absolute atomic E-state index is 0.503. The molecule has 0 amide bonds. The lowest BCUT2D eigenvalue weighted by atomic mass is 9.85. The van der Waals surface area contributed by atoms with Crippen LogP contribution in [0, 0.1) is 19.8 Å². The molecule has 0 saturated heterocycles. The van der Waals surface area contributed by atoms with Gasteiger partial charge in [-0.2, -0.15) is 0 Å². The summed E-state index contributed by atoms with van der Waals surface area (Å²) in [6.45, 7) is 8.96. The summed E-state index contributed by atoms with van der Waals surface area (Å²) < 4.78 is 0. The average molecular weight is 247 g/mol. The summed E-state index contributed by atoms with van der Waals surface area (Å²) >= 11 is 0. The molecule has 0 aromatic heterocycles. The molecule has 0 aliphatic rings. The molecule has 0 bridgehead atoms. The molecule has 1 nitrogen and oxygen atoms in total. The SMILES string of the molecule is CCCC(CCC)C(NC)c1cc(C)cc(C)c1. The van der Waals surface area contributed by atoms with E-state index in [1.165, 1.54) is 42.4 Å². The van der Waals surface area contributed by atoms with E-state index in [1.54, 1.807) is 0 Å². The summed E-state index contributed by atoms with van der Waals surface area (Å²) in [6.07, 6.45) is 5.17. The minimum atomic E-state index is 0.503. The molecule has 102 valence electrons. The quantitative estimate of drug-likeness (QED) is 0.731. The van der Waals surface area contributed by atoms with Gasteiger partial charge in [0.25, 0.3) is 0 Å². The molecule has 18 heavy (non-hydrogen) atoms. The van der Waals surface area contributed by atoms with Crippen molar-refractivity contribution in [2.45, 2.75) is 59.4 Å². The fourth-order valence-corrected chi connectivity index (χ4v) is 3.08. The van der Waals surface area contributed by atoms with Crippen LogP contribution < -0.4 is 5.32 Å². The highest BCUT2D eigenvalue weighted by Crippen LogP contribution is 2.30. The molecular weight excluding hydrogens is 218 g/mol. The Bertz CT molecular complexity index is 330. The molecule has 0 heterocycles. The van der Waals surface area contributed by atoms with Crippen LogP contribution in [0.2, 0.25) is 0 Å². The van der Waals surface area contributed by atoms with Gasteiger partial charge in [-0.05, 0) is 45.2 Å². The predicted octanol–water partition coefficient (Wildman–Crippen LogP) is 4.78. The summed E-state index contributed by atoms with van der Waals surface area (Å²) in [5.74, 6) is 0.756. The largest absolute Gasteiger partial charge is 0.313 e. The van der Waals surface area contributed by atoms with Gasteiger partial charge in [0, 0.05) is 6.04 Å². The summed E-state index contributed by atoms with van der Waals surface area (Å²) in [5.41, 5.74) is 4.20. The number of aryl methyl sites for hydroxylation is 2. The zero-order valence-electron chi connectivity index (χ0n) is 12.7. The topological polar surface area (TPSA) is 12.0 Å². The van der Waals surface area contributed by atoms with Crippen molar-refractivity contribution in [3.05, 3.63) is 34.9 Å². The van der Waals surface area contributed by atoms with Crippen molar-refractivity contribution < 1.29 is 0 Å². The average Bonchev–Trinajstić information content (AvgIpc) is 2.29. The monoisotopic (exact) mass is 247 g/mol. The standard InChI is InChI=1S/C17H29N/c1-6-8-15(9-7-2)17(18-5)16-11-13(3)10-14(4)12-16/h10-12,15,17-18H,6-9H2,1-5H3. The van der Waals surface area contributed by atoms with E-state index in [2.05, 4.69) is 58.3 Å². The minimum Gasteiger partial charge on any atom is -0.313 e. The van der Waals surface area contributed by atoms with Crippen molar-refractivity contribution in [2.75, 3.05) is 7.05 Å². The Balaban J connectivity index is 2.97. The third kappa shape index (κ3) is 4.13. The van der Waals surface area contributed by atoms with Crippen LogP contribution in [0.4, 0.5) is 0 Å². The van der Waals surface area contributed by atoms with Crippen LogP contribution in [0.15, 0.2) is 18.2 Å². The third-order valence-corrected chi connectivity index (χ3v) is 3.70. The molecule has 0 aliphatic carbocycles. The smallest absolute Gasteiger partial charge is 0.0346 e. The molecular formula is C17H29N. The summed E-state index contributed by atoms with van der Waals surface area (Å²) in [5, 5.41) is 3.54. The Morgan fingerprint density at radius 2 is 1.44 bits per heavy atom. The highest BCUT2D eigenvalue weighted by Gasteiger charge is 2.20. The maximum absolute atomic E-state index is 3.54. The lowest BCUT2D eigenvalue weighted by Crippen LogP contribution is -2.25. The second kappa shape index (κ2) is 7.58. The number of hydrogen-bond acceptors (Lipinski definition) is 1. The zero-order chi connectivity index (χ0) is 13.5. The Hall–Kier alpha value is -0.820. The van der Waals surface area contributed by atoms with E-state index in [1.807, 2.05) is 0 Å². The van der Waals surface area contributed by atoms with E-state index in [0.29, 0.717) is 6.04 Å². The Morgan fingerprint density at radius 1 is 0.944 bits per heavy atom. The lowest BCUT2D eigenvalue weighted by Gasteiger charge is -2.27. The first-order chi connectivity index (χ1) is 8.62. The van der Waals surface area contributed by atoms with Crippen LogP contribution in [0.5, 0.6) is 0 Å². The van der Waals surface area contributed by atoms with Gasteiger partial charge < -0.3 is 5.32 Å². The van der Waals surface area contributed by atoms with E-state index in [9.17, 15) is 0 Å². The van der Waals surface area contributed by atoms with Crippen molar-refractivity contribution in [1.82, 2.24) is 5.32 Å². The predicted molar refractivity (Wildman–Crippen MR) is 81.0 cm³/mol. The second-order valence-electron chi connectivity index (χ2n) is 5.52. The van der Waals surface area contributed by atoms with Crippen molar-refractivity contribution in [2.24, 2.45) is 5.92 Å². The number of benzene rings is 1. The van der Waals surface area contributed by atoms with Crippen molar-refractivity contribution >= 4 is 0 Å². The van der Waals surface area contributed by atoms with Crippen molar-refractivity contribution in [1.29, 1.82) is 0 Å². The Morgan fingerprint density at radius 3 is 1.83 bits per heavy atom. The van der Waals surface area contributed by atoms with Crippen LogP contribution >= 0.6 is 0 Å². The third-order valence-electron chi connectivity index (χ3n) is 3.70. The molecule has 0 fully saturated rings. The Labute approximate surface area is 113 Å². The fraction of sp³-hybridized carbons (Fsp3) is 0.647. The first kappa shape index (κ1) is 15.2. The van der Waals surface area contributed by atoms with Gasteiger partial charge in [-0.1, -0.05) is 56.0 Å². The van der Waals surface area contributed by atoms with E-state index in [4.69, 9.17) is 0 Å². The fourth-order valence-electron chi connectivity index (χ4n) is 3.08. The first-order valence-corrected chi connectivity index (χ1v) is 7.37. The van der Waals surface area contributed by atoms with Crippen LogP contribution in [0.25, 0.3) is 0 Å². The second-order valence-corrected chi connectivity index (χ2v) is 5.52. The molecule has 0 spiro atoms. The maximum atomic E-state index is 3.54. The highest BCUT2D eigenvalue weighted by molar-refractivity contribution is 5.31. The van der Waals surface area contributed by atoms with E-state index < -0.39 is 0 Å². The molecule has 1 unspecified atom stereocenters. The van der Waals surface area contributed by atoms with Gasteiger partial charge in [-0.15, -0.1) is 0 Å². The van der Waals surface area contributed by atoms with Gasteiger partial charge in [0.2, 0.25) is 0 Å². The van der Waals surface area contributed by atoms with E-state index in [0.717, 1.165) is 5.92 Å². The van der Waals surface area contributed by atoms with Crippen LogP contribution in [-0.2, 0) is 0 Å². The van der Waals surface area contributed by atoms with E-state index in [-0.39, 0.29) is 0 Å². The van der Waals surface area contributed by atoms with Gasteiger partial charge in [0.1, 0.15) is 0 Å². The molecule has 1 aromatic rings. The number of nitrogens with one attached hydrogen (secondary N) is 1. The van der Waals surface area contributed by atoms with Gasteiger partial charge in [-0.3, -0.25) is 0 Å². The molecule has 1 atom stereocenters. The van der Waals surface area contributed by atoms with Crippen LogP contribution in [0.1, 0.15) is 62.3 Å². The van der Waals surface area contributed by atoms with E-state index >= 15 is 0 Å². The van der Waals surface area contributed by atoms with Crippen molar-refractivity contribution in [3.8, 4) is 0 Å². The molecule has 0 radical (unpaired) electrons. The number of rotatable bonds is 7. The maximum Gasteiger partial charge on any atom is 0.0346 e. The van der Waals surface area contributed by atoms with Gasteiger partial charge in [0.05, 0.1) is 0 Å². The molecule has 1 heteroatoms. The molecule has 0 saturated carbocycles. The summed E-state index contributed by atoms with van der Waals surface area (Å²) in [6, 6.07) is 7.44. The summed E-state index contributed by atoms with van der Waals surface area (Å²) in [7, 11) is 2.10. The molecule has 1 rings (SSSR count). The van der Waals surface area contributed by atoms with Crippen LogP contribution in [-0.4, -0.2) is 7.05 Å². The Kier molecular flexibility index (Phi) is 6.42. The molecule has 0 aliphatic heterocycles. The van der Waals surface area contributed by atoms with Gasteiger partial charge in [0.15, 0.2) is 0 Å². The van der Waals surface area contributed by atoms with Crippen LogP contribution in [0.3, 0.4) is 0 Å². The zero-order valence-corrected chi connectivity index (χ0v) is 12.7.